The van der Waals surface area contributed by atoms with Crippen molar-refractivity contribution in [2.24, 2.45) is 0 Å². The second-order valence-corrected chi connectivity index (χ2v) is 5.95. The van der Waals surface area contributed by atoms with E-state index in [4.69, 9.17) is 4.98 Å². The number of hydrogen-bond donors (Lipinski definition) is 1. The van der Waals surface area contributed by atoms with E-state index in [1.807, 2.05) is 0 Å². The van der Waals surface area contributed by atoms with Crippen molar-refractivity contribution in [1.82, 2.24) is 9.97 Å². The Kier molecular flexibility index (Phi) is 5.83. The van der Waals surface area contributed by atoms with Gasteiger partial charge in [-0.3, -0.25) is 0 Å². The van der Waals surface area contributed by atoms with Gasteiger partial charge in [0.25, 0.3) is 0 Å². The van der Waals surface area contributed by atoms with Gasteiger partial charge in [0.2, 0.25) is 0 Å². The van der Waals surface area contributed by atoms with Gasteiger partial charge in [-0.05, 0) is 39.5 Å². The zero-order valence-electron chi connectivity index (χ0n) is 14.1. The maximum absolute atomic E-state index is 4.86. The normalized spacial score (nSPS) is 18.9. The molecule has 4 nitrogen and oxygen atoms in total. The molecular weight excluding hydrogens is 260 g/mol. The van der Waals surface area contributed by atoms with Crippen LogP contribution in [0.25, 0.3) is 0 Å². The van der Waals surface area contributed by atoms with Crippen LogP contribution in [0.4, 0.5) is 11.6 Å². The topological polar surface area (TPSA) is 41.1 Å². The molecule has 0 aromatic carbocycles. The third-order valence-corrected chi connectivity index (χ3v) is 4.35. The van der Waals surface area contributed by atoms with Gasteiger partial charge in [-0.1, -0.05) is 20.3 Å². The molecule has 1 unspecified atom stereocenters. The molecule has 0 bridgehead atoms. The first-order valence-electron chi connectivity index (χ1n) is 8.59. The molecular formula is C17H30N4. The van der Waals surface area contributed by atoms with Crippen LogP contribution in [0.1, 0.15) is 64.3 Å². The van der Waals surface area contributed by atoms with Crippen LogP contribution >= 0.6 is 0 Å². The summed E-state index contributed by atoms with van der Waals surface area (Å²) in [5.74, 6) is 3.13. The third-order valence-electron chi connectivity index (χ3n) is 4.35. The summed E-state index contributed by atoms with van der Waals surface area (Å²) in [6.07, 6.45) is 7.33. The second kappa shape index (κ2) is 7.62. The Hall–Kier alpha value is -1.32. The van der Waals surface area contributed by atoms with Crippen molar-refractivity contribution in [3.8, 4) is 0 Å². The smallest absolute Gasteiger partial charge is 0.137 e. The minimum absolute atomic E-state index is 0.650. The highest BCUT2D eigenvalue weighted by molar-refractivity contribution is 5.59. The molecule has 2 rings (SSSR count). The summed E-state index contributed by atoms with van der Waals surface area (Å²) < 4.78 is 0. The Bertz CT molecular complexity index is 456. The third kappa shape index (κ3) is 3.66. The summed E-state index contributed by atoms with van der Waals surface area (Å²) in [6.45, 7) is 10.7. The monoisotopic (exact) mass is 290 g/mol. The van der Waals surface area contributed by atoms with Gasteiger partial charge in [-0.2, -0.15) is 0 Å². The molecule has 0 saturated carbocycles. The average Bonchev–Trinajstić information content (AvgIpc) is 2.50. The van der Waals surface area contributed by atoms with E-state index in [1.54, 1.807) is 0 Å². The summed E-state index contributed by atoms with van der Waals surface area (Å²) >= 11 is 0. The van der Waals surface area contributed by atoms with Crippen LogP contribution in [0.2, 0.25) is 0 Å². The molecule has 1 saturated heterocycles. The van der Waals surface area contributed by atoms with Crippen LogP contribution < -0.4 is 10.2 Å². The number of piperidine rings is 1. The van der Waals surface area contributed by atoms with Gasteiger partial charge in [0.05, 0.1) is 0 Å². The number of rotatable bonds is 6. The largest absolute Gasteiger partial charge is 0.370 e. The molecule has 0 spiro atoms. The minimum Gasteiger partial charge on any atom is -0.370 e. The van der Waals surface area contributed by atoms with Gasteiger partial charge in [0.15, 0.2) is 0 Å². The Morgan fingerprint density at radius 1 is 1.19 bits per heavy atom. The van der Waals surface area contributed by atoms with Crippen molar-refractivity contribution in [3.63, 3.8) is 0 Å². The molecule has 118 valence electrons. The van der Waals surface area contributed by atoms with Crippen LogP contribution in [0.5, 0.6) is 0 Å². The second-order valence-electron chi connectivity index (χ2n) is 5.95. The van der Waals surface area contributed by atoms with Gasteiger partial charge >= 0.3 is 0 Å². The lowest BCUT2D eigenvalue weighted by Crippen LogP contribution is -2.40. The van der Waals surface area contributed by atoms with Gasteiger partial charge in [0.1, 0.15) is 17.5 Å². The lowest BCUT2D eigenvalue weighted by molar-refractivity contribution is 0.430. The molecule has 1 aliphatic heterocycles. The van der Waals surface area contributed by atoms with Gasteiger partial charge in [0, 0.05) is 31.1 Å². The summed E-state index contributed by atoms with van der Waals surface area (Å²) in [4.78, 5) is 12.1. The summed E-state index contributed by atoms with van der Waals surface area (Å²) in [6, 6.07) is 0.650. The highest BCUT2D eigenvalue weighted by Crippen LogP contribution is 2.31. The Labute approximate surface area is 129 Å². The van der Waals surface area contributed by atoms with Crippen LogP contribution in [0.3, 0.4) is 0 Å². The summed E-state index contributed by atoms with van der Waals surface area (Å²) in [5.41, 5.74) is 1.21. The number of nitrogens with zero attached hydrogens (tertiary/aromatic N) is 3. The first-order valence-corrected chi connectivity index (χ1v) is 8.59. The van der Waals surface area contributed by atoms with Crippen molar-refractivity contribution < 1.29 is 0 Å². The zero-order chi connectivity index (χ0) is 15.2. The number of aryl methyl sites for hydroxylation is 1. The summed E-state index contributed by atoms with van der Waals surface area (Å²) in [7, 11) is 0. The molecule has 0 amide bonds. The summed E-state index contributed by atoms with van der Waals surface area (Å²) in [5, 5.41) is 3.40. The minimum atomic E-state index is 0.650. The average molecular weight is 290 g/mol. The van der Waals surface area contributed by atoms with Crippen LogP contribution in [0, 0.1) is 6.92 Å². The predicted octanol–water partition coefficient (Wildman–Crippen LogP) is 3.94. The molecule has 1 N–H and O–H groups in total. The molecule has 4 heteroatoms. The SMILES string of the molecule is CCCC1CCCCN1c1nc(CC)nc(NCC)c1C. The van der Waals surface area contributed by atoms with E-state index < -0.39 is 0 Å². The lowest BCUT2D eigenvalue weighted by Gasteiger charge is -2.38. The van der Waals surface area contributed by atoms with E-state index >= 15 is 0 Å². The van der Waals surface area contributed by atoms with Crippen molar-refractivity contribution in [3.05, 3.63) is 11.4 Å². The molecule has 21 heavy (non-hydrogen) atoms. The molecule has 1 aromatic heterocycles. The number of hydrogen-bond acceptors (Lipinski definition) is 4. The number of nitrogens with one attached hydrogen (secondary N) is 1. The van der Waals surface area contributed by atoms with Crippen molar-refractivity contribution in [2.45, 2.75) is 72.3 Å². The van der Waals surface area contributed by atoms with Gasteiger partial charge in [-0.25, -0.2) is 9.97 Å². The highest BCUT2D eigenvalue weighted by Gasteiger charge is 2.25. The Morgan fingerprint density at radius 2 is 2.00 bits per heavy atom. The lowest BCUT2D eigenvalue weighted by atomic mass is 9.97. The first-order chi connectivity index (χ1) is 10.2. The maximum atomic E-state index is 4.86. The number of anilines is 2. The molecule has 1 aliphatic rings. The highest BCUT2D eigenvalue weighted by atomic mass is 15.2. The fourth-order valence-corrected chi connectivity index (χ4v) is 3.24. The van der Waals surface area contributed by atoms with E-state index in [0.717, 1.165) is 37.0 Å². The fraction of sp³-hybridized carbons (Fsp3) is 0.765. The van der Waals surface area contributed by atoms with E-state index in [0.29, 0.717) is 6.04 Å². The Morgan fingerprint density at radius 3 is 2.67 bits per heavy atom. The van der Waals surface area contributed by atoms with Gasteiger partial charge in [-0.15, -0.1) is 0 Å². The molecule has 0 aliphatic carbocycles. The maximum Gasteiger partial charge on any atom is 0.137 e. The van der Waals surface area contributed by atoms with Crippen LogP contribution in [0.15, 0.2) is 0 Å². The Balaban J connectivity index is 2.37. The van der Waals surface area contributed by atoms with Crippen molar-refractivity contribution >= 4 is 11.6 Å². The van der Waals surface area contributed by atoms with E-state index in [1.165, 1.54) is 37.7 Å². The molecule has 0 radical (unpaired) electrons. The van der Waals surface area contributed by atoms with Gasteiger partial charge < -0.3 is 10.2 Å². The molecule has 1 aromatic rings. The zero-order valence-corrected chi connectivity index (χ0v) is 14.1. The predicted molar refractivity (Wildman–Crippen MR) is 90.2 cm³/mol. The molecule has 1 atom stereocenters. The fourth-order valence-electron chi connectivity index (χ4n) is 3.24. The van der Waals surface area contributed by atoms with Crippen LogP contribution in [-0.2, 0) is 6.42 Å². The van der Waals surface area contributed by atoms with E-state index in [9.17, 15) is 0 Å². The number of aromatic nitrogens is 2. The molecule has 2 heterocycles. The van der Waals surface area contributed by atoms with E-state index in [2.05, 4.69) is 42.9 Å². The van der Waals surface area contributed by atoms with Crippen molar-refractivity contribution in [2.75, 3.05) is 23.3 Å². The standard InChI is InChI=1S/C17H30N4/c1-5-10-14-11-8-9-12-21(14)17-13(4)16(18-7-3)19-15(6-2)20-17/h14H,5-12H2,1-4H3,(H,18,19,20). The van der Waals surface area contributed by atoms with Crippen molar-refractivity contribution in [1.29, 1.82) is 0 Å². The molecule has 1 fully saturated rings. The van der Waals surface area contributed by atoms with E-state index in [-0.39, 0.29) is 0 Å². The van der Waals surface area contributed by atoms with Crippen LogP contribution in [-0.4, -0.2) is 29.1 Å². The quantitative estimate of drug-likeness (QED) is 0.861. The first kappa shape index (κ1) is 16.1.